The van der Waals surface area contributed by atoms with E-state index in [1.807, 2.05) is 0 Å². The number of hydrogen-bond acceptors (Lipinski definition) is 6. The lowest BCUT2D eigenvalue weighted by molar-refractivity contribution is -0.385. The van der Waals surface area contributed by atoms with Gasteiger partial charge in [0.1, 0.15) is 15.3 Å². The fraction of sp³-hybridized carbons (Fsp3) is 0.611. The Hall–Kier alpha value is -1.34. The van der Waals surface area contributed by atoms with Crippen molar-refractivity contribution in [2.45, 2.75) is 62.0 Å². The number of thioether (sulfide) groups is 1. The van der Waals surface area contributed by atoms with Gasteiger partial charge in [-0.1, -0.05) is 0 Å². The molecule has 9 heteroatoms. The average molecular weight is 414 g/mol. The van der Waals surface area contributed by atoms with Gasteiger partial charge < -0.3 is 4.55 Å². The van der Waals surface area contributed by atoms with Gasteiger partial charge in [0, 0.05) is 34.8 Å². The van der Waals surface area contributed by atoms with E-state index in [0.717, 1.165) is 31.4 Å². The maximum absolute atomic E-state index is 14.6. The Labute approximate surface area is 166 Å². The Morgan fingerprint density at radius 1 is 1.41 bits per heavy atom. The van der Waals surface area contributed by atoms with Gasteiger partial charge in [-0.05, 0) is 53.0 Å². The SMILES string of the molecule is CC(C)(C)[S+]([O-])N[C@](C)(CSC1(C#N)CCC1)c1cc([N+](=O)[O-])ccc1F. The molecule has 0 amide bonds. The second-order valence-corrected chi connectivity index (χ2v) is 11.3. The number of nitro benzene ring substituents is 1. The molecule has 1 fully saturated rings. The van der Waals surface area contributed by atoms with Crippen LogP contribution in [0.4, 0.5) is 10.1 Å². The zero-order valence-electron chi connectivity index (χ0n) is 15.9. The molecule has 0 bridgehead atoms. The van der Waals surface area contributed by atoms with Crippen molar-refractivity contribution in [3.8, 4) is 6.07 Å². The summed E-state index contributed by atoms with van der Waals surface area (Å²) in [6.07, 6.45) is 2.47. The van der Waals surface area contributed by atoms with Crippen LogP contribution in [0, 0.1) is 27.3 Å². The van der Waals surface area contributed by atoms with Crippen LogP contribution in [0.1, 0.15) is 52.5 Å². The van der Waals surface area contributed by atoms with E-state index in [4.69, 9.17) is 0 Å². The summed E-state index contributed by atoms with van der Waals surface area (Å²) in [7, 11) is 0. The Bertz CT molecular complexity index is 759. The molecular formula is C18H24FN3O3S2. The van der Waals surface area contributed by atoms with E-state index in [1.54, 1.807) is 27.7 Å². The molecule has 1 aromatic carbocycles. The third-order valence-electron chi connectivity index (χ3n) is 4.63. The highest BCUT2D eigenvalue weighted by Crippen LogP contribution is 2.46. The zero-order chi connectivity index (χ0) is 20.5. The maximum Gasteiger partial charge on any atom is 0.269 e. The lowest BCUT2D eigenvalue weighted by Crippen LogP contribution is -2.52. The van der Waals surface area contributed by atoms with Crippen LogP contribution < -0.4 is 4.72 Å². The van der Waals surface area contributed by atoms with Gasteiger partial charge in [0.15, 0.2) is 0 Å². The van der Waals surface area contributed by atoms with Crippen molar-refractivity contribution >= 4 is 28.8 Å². The lowest BCUT2D eigenvalue weighted by Gasteiger charge is -2.40. The van der Waals surface area contributed by atoms with Crippen molar-refractivity contribution in [1.82, 2.24) is 4.72 Å². The minimum absolute atomic E-state index is 0.0780. The van der Waals surface area contributed by atoms with Gasteiger partial charge in [0.05, 0.1) is 16.5 Å². The van der Waals surface area contributed by atoms with Crippen LogP contribution in [-0.2, 0) is 16.9 Å². The smallest absolute Gasteiger partial charge is 0.269 e. The third kappa shape index (κ3) is 4.93. The van der Waals surface area contributed by atoms with Crippen molar-refractivity contribution in [1.29, 1.82) is 5.26 Å². The van der Waals surface area contributed by atoms with Crippen LogP contribution in [0.3, 0.4) is 0 Å². The summed E-state index contributed by atoms with van der Waals surface area (Å²) < 4.78 is 29.2. The minimum atomic E-state index is -1.53. The van der Waals surface area contributed by atoms with E-state index in [9.17, 15) is 24.3 Å². The van der Waals surface area contributed by atoms with E-state index in [-0.39, 0.29) is 17.0 Å². The molecular weight excluding hydrogens is 389 g/mol. The van der Waals surface area contributed by atoms with Crippen LogP contribution in [0.15, 0.2) is 18.2 Å². The van der Waals surface area contributed by atoms with E-state index in [1.165, 1.54) is 17.8 Å². The Morgan fingerprint density at radius 2 is 2.04 bits per heavy atom. The molecule has 1 unspecified atom stereocenters. The topological polar surface area (TPSA) is 102 Å². The maximum atomic E-state index is 14.6. The normalized spacial score (nSPS) is 19.4. The van der Waals surface area contributed by atoms with Gasteiger partial charge in [0.25, 0.3) is 5.69 Å². The number of benzene rings is 1. The number of halogens is 1. The number of nitriles is 1. The quantitative estimate of drug-likeness (QED) is 0.409. The van der Waals surface area contributed by atoms with Crippen LogP contribution in [-0.4, -0.2) is 24.7 Å². The van der Waals surface area contributed by atoms with Gasteiger partial charge in [0.2, 0.25) is 0 Å². The zero-order valence-corrected chi connectivity index (χ0v) is 17.5. The van der Waals surface area contributed by atoms with Gasteiger partial charge in [-0.3, -0.25) is 10.1 Å². The summed E-state index contributed by atoms with van der Waals surface area (Å²) in [5.74, 6) is -0.345. The molecule has 1 N–H and O–H groups in total. The summed E-state index contributed by atoms with van der Waals surface area (Å²) in [6.45, 7) is 7.04. The van der Waals surface area contributed by atoms with E-state index in [2.05, 4.69) is 10.8 Å². The number of non-ortho nitro benzene ring substituents is 1. The number of nitrogens with zero attached hydrogens (tertiary/aromatic N) is 2. The van der Waals surface area contributed by atoms with Crippen LogP contribution >= 0.6 is 11.8 Å². The number of rotatable bonds is 7. The van der Waals surface area contributed by atoms with E-state index in [0.29, 0.717) is 0 Å². The largest absolute Gasteiger partial charge is 0.598 e. The van der Waals surface area contributed by atoms with Crippen molar-refractivity contribution < 1.29 is 13.9 Å². The van der Waals surface area contributed by atoms with Crippen molar-refractivity contribution in [2.75, 3.05) is 5.75 Å². The third-order valence-corrected chi connectivity index (χ3v) is 8.15. The van der Waals surface area contributed by atoms with Gasteiger partial charge in [-0.25, -0.2) is 4.39 Å². The fourth-order valence-electron chi connectivity index (χ4n) is 2.64. The molecule has 6 nitrogen and oxygen atoms in total. The molecule has 1 aliphatic rings. The first-order valence-corrected chi connectivity index (χ1v) is 10.8. The molecule has 0 aromatic heterocycles. The van der Waals surface area contributed by atoms with Crippen molar-refractivity contribution in [2.24, 2.45) is 0 Å². The first kappa shape index (κ1) is 22.0. The van der Waals surface area contributed by atoms with Crippen LogP contribution in [0.5, 0.6) is 0 Å². The molecule has 1 aliphatic carbocycles. The molecule has 0 saturated heterocycles. The van der Waals surface area contributed by atoms with Gasteiger partial charge in [-0.15, -0.1) is 16.5 Å². The summed E-state index contributed by atoms with van der Waals surface area (Å²) in [5.41, 5.74) is -1.29. The second-order valence-electron chi connectivity index (χ2n) is 7.98. The molecule has 0 radical (unpaired) electrons. The fourth-order valence-corrected chi connectivity index (χ4v) is 5.06. The minimum Gasteiger partial charge on any atom is -0.598 e. The van der Waals surface area contributed by atoms with E-state index < -0.39 is 37.1 Å². The van der Waals surface area contributed by atoms with Crippen LogP contribution in [0.25, 0.3) is 0 Å². The number of nitrogens with one attached hydrogen (secondary N) is 1. The molecule has 0 heterocycles. The number of hydrogen-bond donors (Lipinski definition) is 1. The Kier molecular flexibility index (Phi) is 6.47. The summed E-state index contributed by atoms with van der Waals surface area (Å²) in [5, 5.41) is 20.6. The first-order chi connectivity index (χ1) is 12.4. The molecule has 27 heavy (non-hydrogen) atoms. The molecule has 1 saturated carbocycles. The average Bonchev–Trinajstić information content (AvgIpc) is 2.53. The summed E-state index contributed by atoms with van der Waals surface area (Å²) >= 11 is -0.136. The summed E-state index contributed by atoms with van der Waals surface area (Å²) in [4.78, 5) is 10.6. The van der Waals surface area contributed by atoms with Crippen molar-refractivity contribution in [3.05, 3.63) is 39.7 Å². The molecule has 2 rings (SSSR count). The number of nitro groups is 1. The highest BCUT2D eigenvalue weighted by molar-refractivity contribution is 8.01. The predicted octanol–water partition coefficient (Wildman–Crippen LogP) is 4.18. The molecule has 148 valence electrons. The Balaban J connectivity index is 2.41. The molecule has 0 aliphatic heterocycles. The second kappa shape index (κ2) is 7.95. The highest BCUT2D eigenvalue weighted by Gasteiger charge is 2.44. The van der Waals surface area contributed by atoms with Gasteiger partial charge >= 0.3 is 0 Å². The lowest BCUT2D eigenvalue weighted by atomic mass is 9.86. The molecule has 0 spiro atoms. The first-order valence-electron chi connectivity index (χ1n) is 8.62. The molecule has 2 atom stereocenters. The van der Waals surface area contributed by atoms with Crippen LogP contribution in [0.2, 0.25) is 0 Å². The van der Waals surface area contributed by atoms with Crippen molar-refractivity contribution in [3.63, 3.8) is 0 Å². The van der Waals surface area contributed by atoms with Gasteiger partial charge in [-0.2, -0.15) is 5.26 Å². The molecule has 1 aromatic rings. The standard InChI is InChI=1S/C18H24FN3O3S2/c1-16(2,3)27(25)21-17(4,12-26-18(11-20)8-5-9-18)14-10-13(22(23)24)6-7-15(14)19/h6-7,10,21H,5,8-9,12H2,1-4H3/t17-,27?/m1/s1. The Morgan fingerprint density at radius 3 is 2.48 bits per heavy atom. The highest BCUT2D eigenvalue weighted by atomic mass is 32.2. The monoisotopic (exact) mass is 413 g/mol. The summed E-state index contributed by atoms with van der Waals surface area (Å²) in [6, 6.07) is 5.67. The van der Waals surface area contributed by atoms with E-state index >= 15 is 0 Å². The predicted molar refractivity (Wildman–Crippen MR) is 106 cm³/mol.